The summed E-state index contributed by atoms with van der Waals surface area (Å²) in [6, 6.07) is 10.4. The molecule has 1 heterocycles. The van der Waals surface area contributed by atoms with E-state index in [1.54, 1.807) is 25.4 Å². The van der Waals surface area contributed by atoms with E-state index in [-0.39, 0.29) is 11.0 Å². The average Bonchev–Trinajstić information content (AvgIpc) is 2.52. The van der Waals surface area contributed by atoms with Crippen LogP contribution >= 0.6 is 0 Å². The summed E-state index contributed by atoms with van der Waals surface area (Å²) in [5, 5.41) is 3.02. The summed E-state index contributed by atoms with van der Waals surface area (Å²) < 4.78 is 34.4. The second-order valence-electron chi connectivity index (χ2n) is 5.11. The van der Waals surface area contributed by atoms with E-state index >= 15 is 0 Å². The predicted octanol–water partition coefficient (Wildman–Crippen LogP) is 2.37. The van der Waals surface area contributed by atoms with Crippen LogP contribution in [0.3, 0.4) is 0 Å². The first kappa shape index (κ1) is 17.1. The Kier molecular flexibility index (Phi) is 5.44. The van der Waals surface area contributed by atoms with Gasteiger partial charge in [0.05, 0.1) is 13.7 Å². The highest BCUT2D eigenvalue weighted by Gasteiger charge is 2.14. The van der Waals surface area contributed by atoms with Gasteiger partial charge in [0.15, 0.2) is 9.84 Å². The van der Waals surface area contributed by atoms with Gasteiger partial charge in [-0.2, -0.15) is 0 Å². The SMILES string of the molecule is COc1cccc(OC(C)CNc2ncccc2S(C)(=O)=O)c1. The highest BCUT2D eigenvalue weighted by atomic mass is 32.2. The first-order valence-electron chi connectivity index (χ1n) is 7.10. The molecule has 1 aromatic heterocycles. The molecule has 0 amide bonds. The molecule has 2 aromatic rings. The van der Waals surface area contributed by atoms with Crippen LogP contribution in [0.15, 0.2) is 47.5 Å². The Morgan fingerprint density at radius 2 is 1.96 bits per heavy atom. The van der Waals surface area contributed by atoms with Gasteiger partial charge in [-0.1, -0.05) is 6.07 Å². The smallest absolute Gasteiger partial charge is 0.179 e. The Morgan fingerprint density at radius 1 is 1.22 bits per heavy atom. The van der Waals surface area contributed by atoms with Crippen molar-refractivity contribution in [1.29, 1.82) is 0 Å². The molecule has 0 saturated heterocycles. The van der Waals surface area contributed by atoms with Gasteiger partial charge in [-0.15, -0.1) is 0 Å². The number of hydrogen-bond donors (Lipinski definition) is 1. The molecule has 0 aliphatic rings. The quantitative estimate of drug-likeness (QED) is 0.836. The average molecular weight is 336 g/mol. The lowest BCUT2D eigenvalue weighted by atomic mass is 10.3. The van der Waals surface area contributed by atoms with Gasteiger partial charge < -0.3 is 14.8 Å². The number of nitrogens with zero attached hydrogens (tertiary/aromatic N) is 1. The Hall–Kier alpha value is -2.28. The number of ether oxygens (including phenoxy) is 2. The zero-order chi connectivity index (χ0) is 16.9. The fraction of sp³-hybridized carbons (Fsp3) is 0.312. The summed E-state index contributed by atoms with van der Waals surface area (Å²) in [6.45, 7) is 2.30. The van der Waals surface area contributed by atoms with Crippen molar-refractivity contribution in [3.05, 3.63) is 42.6 Å². The maximum absolute atomic E-state index is 11.7. The minimum Gasteiger partial charge on any atom is -0.497 e. The standard InChI is InChI=1S/C16H20N2O4S/c1-12(22-14-7-4-6-13(10-14)21-2)11-18-16-15(23(3,19)20)8-5-9-17-16/h4-10,12H,11H2,1-3H3,(H,17,18). The number of sulfone groups is 1. The first-order chi connectivity index (χ1) is 10.9. The van der Waals surface area contributed by atoms with Crippen molar-refractivity contribution in [3.8, 4) is 11.5 Å². The molecular weight excluding hydrogens is 316 g/mol. The number of pyridine rings is 1. The van der Waals surface area contributed by atoms with Crippen LogP contribution in [-0.4, -0.2) is 39.4 Å². The number of nitrogens with one attached hydrogen (secondary N) is 1. The first-order valence-corrected chi connectivity index (χ1v) is 8.99. The van der Waals surface area contributed by atoms with Gasteiger partial charge in [-0.25, -0.2) is 13.4 Å². The molecule has 1 aromatic carbocycles. The number of benzene rings is 1. The van der Waals surface area contributed by atoms with Crippen molar-refractivity contribution in [2.45, 2.75) is 17.9 Å². The van der Waals surface area contributed by atoms with Crippen molar-refractivity contribution in [2.24, 2.45) is 0 Å². The van der Waals surface area contributed by atoms with E-state index in [9.17, 15) is 8.42 Å². The van der Waals surface area contributed by atoms with Crippen LogP contribution < -0.4 is 14.8 Å². The Labute approximate surface area is 136 Å². The molecule has 0 saturated carbocycles. The van der Waals surface area contributed by atoms with Crippen molar-refractivity contribution in [1.82, 2.24) is 4.98 Å². The van der Waals surface area contributed by atoms with E-state index in [0.29, 0.717) is 23.9 Å². The molecule has 0 aliphatic carbocycles. The molecule has 0 bridgehead atoms. The second kappa shape index (κ2) is 7.32. The van der Waals surface area contributed by atoms with Crippen LogP contribution in [0.4, 0.5) is 5.82 Å². The van der Waals surface area contributed by atoms with Crippen LogP contribution in [-0.2, 0) is 9.84 Å². The summed E-state index contributed by atoms with van der Waals surface area (Å²) in [5.74, 6) is 1.73. The second-order valence-corrected chi connectivity index (χ2v) is 7.09. The van der Waals surface area contributed by atoms with Gasteiger partial charge in [-0.3, -0.25) is 0 Å². The molecule has 0 fully saturated rings. The fourth-order valence-corrected chi connectivity index (χ4v) is 2.81. The Balaban J connectivity index is 2.01. The summed E-state index contributed by atoms with van der Waals surface area (Å²) in [7, 11) is -1.74. The molecule has 7 heteroatoms. The number of aromatic nitrogens is 1. The van der Waals surface area contributed by atoms with E-state index in [4.69, 9.17) is 9.47 Å². The third kappa shape index (κ3) is 4.85. The lowest BCUT2D eigenvalue weighted by Gasteiger charge is -2.17. The van der Waals surface area contributed by atoms with Crippen LogP contribution in [0.5, 0.6) is 11.5 Å². The summed E-state index contributed by atoms with van der Waals surface area (Å²) >= 11 is 0. The van der Waals surface area contributed by atoms with Gasteiger partial charge in [0.1, 0.15) is 28.3 Å². The van der Waals surface area contributed by atoms with E-state index in [1.807, 2.05) is 25.1 Å². The van der Waals surface area contributed by atoms with Gasteiger partial charge in [0.25, 0.3) is 0 Å². The van der Waals surface area contributed by atoms with Crippen LogP contribution in [0, 0.1) is 0 Å². The van der Waals surface area contributed by atoms with E-state index in [2.05, 4.69) is 10.3 Å². The Morgan fingerprint density at radius 3 is 2.65 bits per heavy atom. The molecule has 1 N–H and O–H groups in total. The largest absolute Gasteiger partial charge is 0.497 e. The third-order valence-corrected chi connectivity index (χ3v) is 4.23. The maximum Gasteiger partial charge on any atom is 0.179 e. The van der Waals surface area contributed by atoms with Gasteiger partial charge >= 0.3 is 0 Å². The summed E-state index contributed by atoms with van der Waals surface area (Å²) in [5.41, 5.74) is 0. The number of rotatable bonds is 7. The third-order valence-electron chi connectivity index (χ3n) is 3.11. The molecule has 0 radical (unpaired) electrons. The lowest BCUT2D eigenvalue weighted by molar-refractivity contribution is 0.233. The number of anilines is 1. The topological polar surface area (TPSA) is 77.5 Å². The number of hydrogen-bond acceptors (Lipinski definition) is 6. The fourth-order valence-electron chi connectivity index (χ4n) is 2.01. The predicted molar refractivity (Wildman–Crippen MR) is 88.9 cm³/mol. The lowest BCUT2D eigenvalue weighted by Crippen LogP contribution is -2.23. The zero-order valence-corrected chi connectivity index (χ0v) is 14.1. The van der Waals surface area contributed by atoms with Gasteiger partial charge in [0.2, 0.25) is 0 Å². The van der Waals surface area contributed by atoms with E-state index in [0.717, 1.165) is 6.26 Å². The van der Waals surface area contributed by atoms with Crippen molar-refractivity contribution >= 4 is 15.7 Å². The number of methoxy groups -OCH3 is 1. The molecule has 1 atom stereocenters. The van der Waals surface area contributed by atoms with Gasteiger partial charge in [0, 0.05) is 18.5 Å². The monoisotopic (exact) mass is 336 g/mol. The maximum atomic E-state index is 11.7. The highest BCUT2D eigenvalue weighted by Crippen LogP contribution is 2.21. The molecule has 124 valence electrons. The van der Waals surface area contributed by atoms with Crippen LogP contribution in [0.25, 0.3) is 0 Å². The molecule has 0 spiro atoms. The Bertz CT molecular complexity index is 762. The van der Waals surface area contributed by atoms with Crippen LogP contribution in [0.1, 0.15) is 6.92 Å². The van der Waals surface area contributed by atoms with E-state index < -0.39 is 9.84 Å². The van der Waals surface area contributed by atoms with Crippen molar-refractivity contribution < 1.29 is 17.9 Å². The van der Waals surface area contributed by atoms with Crippen LogP contribution in [0.2, 0.25) is 0 Å². The van der Waals surface area contributed by atoms with Crippen molar-refractivity contribution in [2.75, 3.05) is 25.2 Å². The highest BCUT2D eigenvalue weighted by molar-refractivity contribution is 7.90. The molecule has 6 nitrogen and oxygen atoms in total. The summed E-state index contributed by atoms with van der Waals surface area (Å²) in [6.07, 6.45) is 2.52. The summed E-state index contributed by atoms with van der Waals surface area (Å²) in [4.78, 5) is 4.26. The van der Waals surface area contributed by atoms with Gasteiger partial charge in [-0.05, 0) is 31.2 Å². The van der Waals surface area contributed by atoms with E-state index in [1.165, 1.54) is 6.07 Å². The zero-order valence-electron chi connectivity index (χ0n) is 13.3. The molecule has 0 aliphatic heterocycles. The molecule has 23 heavy (non-hydrogen) atoms. The molecule has 2 rings (SSSR count). The normalized spacial score (nSPS) is 12.5. The minimum absolute atomic E-state index is 0.175. The molecule has 1 unspecified atom stereocenters. The minimum atomic E-state index is -3.33. The molecular formula is C16H20N2O4S. The van der Waals surface area contributed by atoms with Crippen molar-refractivity contribution in [3.63, 3.8) is 0 Å².